The van der Waals surface area contributed by atoms with Gasteiger partial charge in [0.05, 0.1) is 11.3 Å². The van der Waals surface area contributed by atoms with E-state index < -0.39 is 4.92 Å². The highest BCUT2D eigenvalue weighted by Gasteiger charge is 2.20. The Hall–Kier alpha value is -2.22. The van der Waals surface area contributed by atoms with Gasteiger partial charge in [-0.15, -0.1) is 0 Å². The standard InChI is InChI=1S/C11H13ClN6O2/c12-10-9(18(19)20)11(16-7-15-10)14-3-1-2-5-17-6-4-13-8-17/h4,6-8H,1-3,5H2,(H,14,15,16). The summed E-state index contributed by atoms with van der Waals surface area (Å²) in [6, 6.07) is 0. The predicted octanol–water partition coefficient (Wildman–Crippen LogP) is 2.13. The van der Waals surface area contributed by atoms with E-state index in [4.69, 9.17) is 11.6 Å². The summed E-state index contributed by atoms with van der Waals surface area (Å²) in [5, 5.41) is 13.6. The summed E-state index contributed by atoms with van der Waals surface area (Å²) in [6.07, 6.45) is 8.34. The Balaban J connectivity index is 1.82. The van der Waals surface area contributed by atoms with Gasteiger partial charge < -0.3 is 9.88 Å². The molecule has 0 aliphatic heterocycles. The lowest BCUT2D eigenvalue weighted by Crippen LogP contribution is -2.08. The molecule has 106 valence electrons. The lowest BCUT2D eigenvalue weighted by molar-refractivity contribution is -0.384. The van der Waals surface area contributed by atoms with Crippen LogP contribution in [0.3, 0.4) is 0 Å². The van der Waals surface area contributed by atoms with E-state index in [0.29, 0.717) is 6.54 Å². The van der Waals surface area contributed by atoms with Crippen molar-refractivity contribution in [2.45, 2.75) is 19.4 Å². The summed E-state index contributed by atoms with van der Waals surface area (Å²) in [5.74, 6) is 0.151. The Kier molecular flexibility index (Phi) is 4.83. The molecule has 0 spiro atoms. The smallest absolute Gasteiger partial charge is 0.348 e. The van der Waals surface area contributed by atoms with Crippen molar-refractivity contribution >= 4 is 23.1 Å². The second-order valence-electron chi connectivity index (χ2n) is 4.05. The fraction of sp³-hybridized carbons (Fsp3) is 0.364. The molecule has 2 heterocycles. The van der Waals surface area contributed by atoms with Gasteiger partial charge in [-0.05, 0) is 12.8 Å². The third-order valence-corrected chi connectivity index (χ3v) is 2.93. The molecule has 0 amide bonds. The van der Waals surface area contributed by atoms with Crippen molar-refractivity contribution in [1.29, 1.82) is 0 Å². The molecular formula is C11H13ClN6O2. The maximum atomic E-state index is 10.9. The molecule has 0 aliphatic rings. The molecule has 0 saturated heterocycles. The second kappa shape index (κ2) is 6.80. The Labute approximate surface area is 120 Å². The fourth-order valence-corrected chi connectivity index (χ4v) is 1.90. The van der Waals surface area contributed by atoms with Crippen molar-refractivity contribution in [2.24, 2.45) is 0 Å². The zero-order valence-electron chi connectivity index (χ0n) is 10.6. The number of hydrogen-bond donors (Lipinski definition) is 1. The van der Waals surface area contributed by atoms with E-state index in [1.807, 2.05) is 10.8 Å². The van der Waals surface area contributed by atoms with Crippen molar-refractivity contribution in [3.63, 3.8) is 0 Å². The monoisotopic (exact) mass is 296 g/mol. The van der Waals surface area contributed by atoms with Gasteiger partial charge in [-0.2, -0.15) is 0 Å². The molecule has 8 nitrogen and oxygen atoms in total. The van der Waals surface area contributed by atoms with Crippen molar-refractivity contribution in [3.05, 3.63) is 40.3 Å². The molecule has 20 heavy (non-hydrogen) atoms. The molecule has 2 aromatic heterocycles. The minimum atomic E-state index is -0.587. The van der Waals surface area contributed by atoms with Gasteiger partial charge in [0, 0.05) is 25.5 Å². The number of nitrogens with one attached hydrogen (secondary N) is 1. The van der Waals surface area contributed by atoms with Gasteiger partial charge in [0.1, 0.15) is 6.33 Å². The number of nitro groups is 1. The van der Waals surface area contributed by atoms with Gasteiger partial charge in [-0.1, -0.05) is 11.6 Å². The van der Waals surface area contributed by atoms with E-state index >= 15 is 0 Å². The molecule has 2 rings (SSSR count). The Morgan fingerprint density at radius 2 is 2.25 bits per heavy atom. The van der Waals surface area contributed by atoms with E-state index in [-0.39, 0.29) is 16.7 Å². The van der Waals surface area contributed by atoms with Crippen LogP contribution in [0.15, 0.2) is 25.0 Å². The molecule has 2 aromatic rings. The highest BCUT2D eigenvalue weighted by atomic mass is 35.5. The molecule has 0 saturated carbocycles. The number of nitrogens with zero attached hydrogens (tertiary/aromatic N) is 5. The molecule has 0 aliphatic carbocycles. The van der Waals surface area contributed by atoms with Gasteiger partial charge in [-0.25, -0.2) is 15.0 Å². The van der Waals surface area contributed by atoms with E-state index in [1.165, 1.54) is 6.33 Å². The zero-order valence-corrected chi connectivity index (χ0v) is 11.3. The minimum Gasteiger partial charge on any atom is -0.364 e. The first-order valence-electron chi connectivity index (χ1n) is 6.03. The summed E-state index contributed by atoms with van der Waals surface area (Å²) < 4.78 is 1.98. The van der Waals surface area contributed by atoms with Crippen LogP contribution in [-0.2, 0) is 6.54 Å². The highest BCUT2D eigenvalue weighted by molar-refractivity contribution is 6.31. The quantitative estimate of drug-likeness (QED) is 0.364. The van der Waals surface area contributed by atoms with Crippen molar-refractivity contribution in [2.75, 3.05) is 11.9 Å². The summed E-state index contributed by atoms with van der Waals surface area (Å²) in [7, 11) is 0. The lowest BCUT2D eigenvalue weighted by Gasteiger charge is -2.06. The van der Waals surface area contributed by atoms with Gasteiger partial charge in [0.15, 0.2) is 0 Å². The number of imidazole rings is 1. The van der Waals surface area contributed by atoms with Crippen molar-refractivity contribution in [3.8, 4) is 0 Å². The van der Waals surface area contributed by atoms with Gasteiger partial charge in [0.25, 0.3) is 0 Å². The zero-order chi connectivity index (χ0) is 14.4. The van der Waals surface area contributed by atoms with Crippen LogP contribution in [0.1, 0.15) is 12.8 Å². The number of aromatic nitrogens is 4. The number of halogens is 1. The third-order valence-electron chi connectivity index (χ3n) is 2.65. The Bertz CT molecular complexity index is 574. The van der Waals surface area contributed by atoms with E-state index in [0.717, 1.165) is 19.4 Å². The molecule has 1 N–H and O–H groups in total. The first kappa shape index (κ1) is 14.2. The summed E-state index contributed by atoms with van der Waals surface area (Å²) in [4.78, 5) is 21.7. The molecular weight excluding hydrogens is 284 g/mol. The molecule has 0 fully saturated rings. The maximum Gasteiger partial charge on any atom is 0.348 e. The SMILES string of the molecule is O=[N+]([O-])c1c(Cl)ncnc1NCCCCn1ccnc1. The second-order valence-corrected chi connectivity index (χ2v) is 4.41. The van der Waals surface area contributed by atoms with Gasteiger partial charge in [-0.3, -0.25) is 10.1 Å². The average molecular weight is 297 g/mol. The van der Waals surface area contributed by atoms with Crippen LogP contribution in [0.5, 0.6) is 0 Å². The number of unbranched alkanes of at least 4 members (excludes halogenated alkanes) is 1. The van der Waals surface area contributed by atoms with Crippen LogP contribution in [0.4, 0.5) is 11.5 Å². The van der Waals surface area contributed by atoms with Crippen molar-refractivity contribution < 1.29 is 4.92 Å². The molecule has 0 aromatic carbocycles. The first-order valence-corrected chi connectivity index (χ1v) is 6.41. The largest absolute Gasteiger partial charge is 0.364 e. The van der Waals surface area contributed by atoms with Crippen molar-refractivity contribution in [1.82, 2.24) is 19.5 Å². The highest BCUT2D eigenvalue weighted by Crippen LogP contribution is 2.28. The Morgan fingerprint density at radius 1 is 1.40 bits per heavy atom. The summed E-state index contributed by atoms with van der Waals surface area (Å²) in [6.45, 7) is 1.43. The van der Waals surface area contributed by atoms with E-state index in [2.05, 4.69) is 20.3 Å². The van der Waals surface area contributed by atoms with Crippen LogP contribution >= 0.6 is 11.6 Å². The molecule has 0 bridgehead atoms. The molecule has 9 heteroatoms. The normalized spacial score (nSPS) is 10.4. The predicted molar refractivity (Wildman–Crippen MR) is 73.6 cm³/mol. The van der Waals surface area contributed by atoms with Crippen LogP contribution < -0.4 is 5.32 Å². The number of aryl methyl sites for hydroxylation is 1. The fourth-order valence-electron chi connectivity index (χ4n) is 1.69. The number of hydrogen-bond acceptors (Lipinski definition) is 6. The molecule has 0 atom stereocenters. The third kappa shape index (κ3) is 3.64. The first-order chi connectivity index (χ1) is 9.68. The summed E-state index contributed by atoms with van der Waals surface area (Å²) >= 11 is 5.69. The molecule has 0 radical (unpaired) electrons. The van der Waals surface area contributed by atoms with E-state index in [9.17, 15) is 10.1 Å². The van der Waals surface area contributed by atoms with Gasteiger partial charge in [0.2, 0.25) is 11.0 Å². The van der Waals surface area contributed by atoms with Gasteiger partial charge >= 0.3 is 5.69 Å². The van der Waals surface area contributed by atoms with Crippen LogP contribution in [0.2, 0.25) is 5.15 Å². The number of anilines is 1. The maximum absolute atomic E-state index is 10.9. The minimum absolute atomic E-state index is 0.151. The average Bonchev–Trinajstić information content (AvgIpc) is 2.91. The topological polar surface area (TPSA) is 98.8 Å². The summed E-state index contributed by atoms with van der Waals surface area (Å²) in [5.41, 5.74) is -0.288. The number of rotatable bonds is 7. The Morgan fingerprint density at radius 3 is 2.95 bits per heavy atom. The van der Waals surface area contributed by atoms with Crippen LogP contribution in [0, 0.1) is 10.1 Å². The van der Waals surface area contributed by atoms with Crippen LogP contribution in [0.25, 0.3) is 0 Å². The molecule has 0 unspecified atom stereocenters. The lowest BCUT2D eigenvalue weighted by atomic mass is 10.3. The van der Waals surface area contributed by atoms with E-state index in [1.54, 1.807) is 12.5 Å². The van der Waals surface area contributed by atoms with Crippen LogP contribution in [-0.4, -0.2) is 31.0 Å².